The van der Waals surface area contributed by atoms with Gasteiger partial charge in [0.05, 0.1) is 12.3 Å². The van der Waals surface area contributed by atoms with E-state index in [1.807, 2.05) is 13.8 Å². The van der Waals surface area contributed by atoms with Crippen LogP contribution in [0.2, 0.25) is 0 Å². The Labute approximate surface area is 222 Å². The number of hydrogen-bond acceptors (Lipinski definition) is 4. The van der Waals surface area contributed by atoms with Crippen molar-refractivity contribution in [1.82, 2.24) is 5.01 Å². The zero-order valence-corrected chi connectivity index (χ0v) is 22.6. The lowest BCUT2D eigenvalue weighted by molar-refractivity contribution is -0.0955. The molecular weight excluding hydrogens is 491 g/mol. The third-order valence-electron chi connectivity index (χ3n) is 7.20. The van der Waals surface area contributed by atoms with Gasteiger partial charge in [-0.15, -0.1) is 0 Å². The molecule has 0 bridgehead atoms. The van der Waals surface area contributed by atoms with E-state index in [1.54, 1.807) is 42.4 Å². The fraction of sp³-hybridized carbons (Fsp3) is 0.367. The molecule has 0 amide bonds. The van der Waals surface area contributed by atoms with Crippen molar-refractivity contribution >= 4 is 11.4 Å². The molecule has 38 heavy (non-hydrogen) atoms. The predicted molar refractivity (Wildman–Crippen MR) is 146 cm³/mol. The maximum Gasteiger partial charge on any atom is 0.173 e. The molecule has 2 aromatic rings. The van der Waals surface area contributed by atoms with Crippen molar-refractivity contribution < 1.29 is 23.0 Å². The average molecular weight is 528 g/mol. The van der Waals surface area contributed by atoms with Gasteiger partial charge in [0, 0.05) is 24.1 Å². The number of halogens is 3. The summed E-state index contributed by atoms with van der Waals surface area (Å²) in [6.45, 7) is 12.1. The van der Waals surface area contributed by atoms with Crippen molar-refractivity contribution in [3.63, 3.8) is 0 Å². The monoisotopic (exact) mass is 527 g/mol. The second-order valence-electron chi connectivity index (χ2n) is 10.0. The second kappa shape index (κ2) is 11.5. The summed E-state index contributed by atoms with van der Waals surface area (Å²) in [6, 6.07) is 8.37. The molecule has 1 heterocycles. The Hall–Kier alpha value is -3.52. The molecule has 0 spiro atoms. The Bertz CT molecular complexity index is 1260. The van der Waals surface area contributed by atoms with Crippen LogP contribution in [-0.2, 0) is 5.60 Å². The minimum Gasteiger partial charge on any atom is -0.490 e. The second-order valence-corrected chi connectivity index (χ2v) is 10.0. The molecule has 8 heteroatoms. The molecule has 3 rings (SSSR count). The van der Waals surface area contributed by atoms with Gasteiger partial charge in [-0.2, -0.15) is 5.10 Å². The quantitative estimate of drug-likeness (QED) is 0.266. The van der Waals surface area contributed by atoms with Crippen molar-refractivity contribution in [3.05, 3.63) is 95.4 Å². The van der Waals surface area contributed by atoms with E-state index in [0.717, 1.165) is 18.6 Å². The van der Waals surface area contributed by atoms with Crippen molar-refractivity contribution in [3.8, 4) is 5.75 Å². The van der Waals surface area contributed by atoms with Crippen molar-refractivity contribution in [1.29, 1.82) is 0 Å². The van der Waals surface area contributed by atoms with E-state index in [4.69, 9.17) is 10.5 Å². The van der Waals surface area contributed by atoms with Crippen LogP contribution in [0.3, 0.4) is 0 Å². The Morgan fingerprint density at radius 1 is 1.18 bits per heavy atom. The SMILES string of the molecule is C=C1C=C(c2ccc(C)c(OCCC(C)(F)C(C)(O)c3ccc(F)cc3)c2F)C=CN1/N=C(/N)C(C)CC. The summed E-state index contributed by atoms with van der Waals surface area (Å²) < 4.78 is 50.2. The smallest absolute Gasteiger partial charge is 0.173 e. The maximum atomic E-state index is 15.6. The number of aryl methyl sites for hydroxylation is 1. The van der Waals surface area contributed by atoms with E-state index < -0.39 is 22.9 Å². The number of ether oxygens (including phenoxy) is 1. The summed E-state index contributed by atoms with van der Waals surface area (Å²) in [5.41, 5.74) is 4.16. The van der Waals surface area contributed by atoms with Crippen molar-refractivity contribution in [2.45, 2.75) is 58.7 Å². The first kappa shape index (κ1) is 29.0. The highest BCUT2D eigenvalue weighted by molar-refractivity contribution is 5.83. The van der Waals surface area contributed by atoms with Crippen LogP contribution in [0.5, 0.6) is 5.75 Å². The molecule has 0 aromatic heterocycles. The van der Waals surface area contributed by atoms with Gasteiger partial charge in [0.15, 0.2) is 11.6 Å². The summed E-state index contributed by atoms with van der Waals surface area (Å²) >= 11 is 0. The minimum atomic E-state index is -2.14. The van der Waals surface area contributed by atoms with Crippen LogP contribution >= 0.6 is 0 Å². The van der Waals surface area contributed by atoms with E-state index in [0.29, 0.717) is 28.2 Å². The van der Waals surface area contributed by atoms with Crippen LogP contribution in [0.15, 0.2) is 72.1 Å². The van der Waals surface area contributed by atoms with E-state index in [9.17, 15) is 9.50 Å². The Morgan fingerprint density at radius 2 is 1.84 bits per heavy atom. The normalized spacial score (nSPS) is 18.0. The van der Waals surface area contributed by atoms with Crippen LogP contribution in [-0.4, -0.2) is 28.2 Å². The number of aliphatic hydroxyl groups is 1. The third-order valence-corrected chi connectivity index (χ3v) is 7.20. The number of nitrogens with two attached hydrogens (primary N) is 1. The molecule has 0 fully saturated rings. The number of hydrogen-bond donors (Lipinski definition) is 2. The minimum absolute atomic E-state index is 0.00102. The summed E-state index contributed by atoms with van der Waals surface area (Å²) in [6.07, 6.45) is 5.69. The molecule has 2 aromatic carbocycles. The first-order valence-corrected chi connectivity index (χ1v) is 12.6. The van der Waals surface area contributed by atoms with Crippen LogP contribution in [0.1, 0.15) is 57.2 Å². The summed E-state index contributed by atoms with van der Waals surface area (Å²) in [7, 11) is 0. The lowest BCUT2D eigenvalue weighted by atomic mass is 9.79. The van der Waals surface area contributed by atoms with E-state index in [1.165, 1.54) is 26.0 Å². The van der Waals surface area contributed by atoms with Gasteiger partial charge in [0.1, 0.15) is 22.9 Å². The van der Waals surface area contributed by atoms with Crippen LogP contribution in [0.4, 0.5) is 13.2 Å². The van der Waals surface area contributed by atoms with E-state index in [-0.39, 0.29) is 30.3 Å². The molecule has 1 aliphatic heterocycles. The first-order chi connectivity index (χ1) is 17.8. The summed E-state index contributed by atoms with van der Waals surface area (Å²) in [4.78, 5) is 0. The molecule has 5 nitrogen and oxygen atoms in total. The van der Waals surface area contributed by atoms with Gasteiger partial charge in [0.2, 0.25) is 0 Å². The number of nitrogens with zero attached hydrogens (tertiary/aromatic N) is 2. The fourth-order valence-corrected chi connectivity index (χ4v) is 3.95. The third kappa shape index (κ3) is 6.13. The topological polar surface area (TPSA) is 71.1 Å². The molecule has 204 valence electrons. The lowest BCUT2D eigenvalue weighted by Gasteiger charge is -2.36. The van der Waals surface area contributed by atoms with E-state index >= 15 is 8.78 Å². The number of hydrazone groups is 1. The van der Waals surface area contributed by atoms with Crippen molar-refractivity contribution in [2.24, 2.45) is 16.8 Å². The van der Waals surface area contributed by atoms with Gasteiger partial charge in [-0.05, 0) is 68.2 Å². The average Bonchev–Trinajstić information content (AvgIpc) is 2.86. The molecule has 0 radical (unpaired) electrons. The largest absolute Gasteiger partial charge is 0.490 e. The number of rotatable bonds is 10. The molecule has 0 saturated carbocycles. The highest BCUT2D eigenvalue weighted by atomic mass is 19.1. The van der Waals surface area contributed by atoms with Gasteiger partial charge < -0.3 is 15.6 Å². The van der Waals surface area contributed by atoms with Gasteiger partial charge in [-0.3, -0.25) is 0 Å². The Kier molecular flexibility index (Phi) is 8.77. The summed E-state index contributed by atoms with van der Waals surface area (Å²) in [5.74, 6) is -0.481. The number of amidine groups is 1. The van der Waals surface area contributed by atoms with Gasteiger partial charge in [-0.1, -0.05) is 44.7 Å². The zero-order valence-electron chi connectivity index (χ0n) is 22.6. The molecule has 0 saturated heterocycles. The molecule has 1 aliphatic rings. The van der Waals surface area contributed by atoms with Crippen LogP contribution < -0.4 is 10.5 Å². The van der Waals surface area contributed by atoms with E-state index in [2.05, 4.69) is 11.7 Å². The molecule has 3 unspecified atom stereocenters. The van der Waals surface area contributed by atoms with Crippen LogP contribution in [0.25, 0.3) is 5.57 Å². The number of benzene rings is 2. The first-order valence-electron chi connectivity index (χ1n) is 12.6. The molecule has 0 aliphatic carbocycles. The molecule has 3 N–H and O–H groups in total. The fourth-order valence-electron chi connectivity index (χ4n) is 3.95. The lowest BCUT2D eigenvalue weighted by Crippen LogP contribution is -2.45. The standard InChI is InChI=1S/C30H36F3N3O2/c1-7-19(2)28(34)35-36-16-14-22(18-21(36)4)25-13-8-20(3)27(26(25)32)38-17-15-29(5,33)30(6,37)23-9-11-24(31)12-10-23/h8-14,16,18-19,37H,4,7,15,17H2,1-3,5-6H3,(H2,34,35). The molecular formula is C30H36F3N3O2. The van der Waals surface area contributed by atoms with Crippen LogP contribution in [0, 0.1) is 24.5 Å². The Morgan fingerprint density at radius 3 is 2.45 bits per heavy atom. The number of alkyl halides is 1. The van der Waals surface area contributed by atoms with Crippen molar-refractivity contribution in [2.75, 3.05) is 6.61 Å². The molecule has 3 atom stereocenters. The maximum absolute atomic E-state index is 15.6. The number of allylic oxidation sites excluding steroid dienone is 3. The highest BCUT2D eigenvalue weighted by Crippen LogP contribution is 2.39. The highest BCUT2D eigenvalue weighted by Gasteiger charge is 2.45. The van der Waals surface area contributed by atoms with Gasteiger partial charge >= 0.3 is 0 Å². The van der Waals surface area contributed by atoms with Gasteiger partial charge in [-0.25, -0.2) is 18.2 Å². The zero-order chi connectivity index (χ0) is 28.3. The summed E-state index contributed by atoms with van der Waals surface area (Å²) in [5, 5.41) is 16.8. The Balaban J connectivity index is 1.75. The van der Waals surface area contributed by atoms with Gasteiger partial charge in [0.25, 0.3) is 0 Å². The predicted octanol–water partition coefficient (Wildman–Crippen LogP) is 6.72.